The summed E-state index contributed by atoms with van der Waals surface area (Å²) < 4.78 is 37.3. The first-order valence-corrected chi connectivity index (χ1v) is 7.88. The van der Waals surface area contributed by atoms with Crippen molar-refractivity contribution in [3.63, 3.8) is 0 Å². The first-order chi connectivity index (χ1) is 10.9. The second-order valence-corrected chi connectivity index (χ2v) is 6.05. The average Bonchev–Trinajstić information content (AvgIpc) is 2.53. The number of hydrogen-bond donors (Lipinski definition) is 1. The minimum atomic E-state index is -4.18. The maximum Gasteiger partial charge on any atom is 0.401 e. The number of nitrogens with zero attached hydrogens (tertiary/aromatic N) is 2. The molecule has 0 atom stereocenters. The van der Waals surface area contributed by atoms with Crippen LogP contribution in [0, 0.1) is 0 Å². The van der Waals surface area contributed by atoms with E-state index in [1.54, 1.807) is 4.90 Å². The van der Waals surface area contributed by atoms with Crippen molar-refractivity contribution in [2.75, 3.05) is 44.6 Å². The lowest BCUT2D eigenvalue weighted by molar-refractivity contribution is -0.148. The van der Waals surface area contributed by atoms with E-state index in [4.69, 9.17) is 0 Å². The molecule has 1 saturated heterocycles. The average molecular weight is 400 g/mol. The van der Waals surface area contributed by atoms with E-state index in [1.807, 2.05) is 18.2 Å². The number of piperazine rings is 1. The quantitative estimate of drug-likeness (QED) is 0.829. The molecule has 1 aromatic rings. The number of rotatable bonds is 2. The van der Waals surface area contributed by atoms with Crippen LogP contribution >= 0.6 is 24.8 Å². The molecule has 1 N–H and O–H groups in total. The second kappa shape index (κ2) is 8.96. The van der Waals surface area contributed by atoms with Crippen LogP contribution in [0.15, 0.2) is 18.2 Å². The summed E-state index contributed by atoms with van der Waals surface area (Å²) in [6.07, 6.45) is -2.34. The summed E-state index contributed by atoms with van der Waals surface area (Å²) in [5.41, 5.74) is 2.71. The van der Waals surface area contributed by atoms with Gasteiger partial charge in [-0.15, -0.1) is 24.8 Å². The second-order valence-electron chi connectivity index (χ2n) is 6.05. The molecule has 0 saturated carbocycles. The Bertz CT molecular complexity index is 590. The summed E-state index contributed by atoms with van der Waals surface area (Å²) in [6.45, 7) is 1.20. The fourth-order valence-electron chi connectivity index (χ4n) is 3.24. The highest BCUT2D eigenvalue weighted by molar-refractivity contribution is 5.97. The van der Waals surface area contributed by atoms with Gasteiger partial charge >= 0.3 is 6.18 Å². The van der Waals surface area contributed by atoms with Crippen molar-refractivity contribution in [2.45, 2.75) is 19.0 Å². The summed E-state index contributed by atoms with van der Waals surface area (Å²) in [4.78, 5) is 15.7. The van der Waals surface area contributed by atoms with E-state index in [-0.39, 0.29) is 43.8 Å². The van der Waals surface area contributed by atoms with E-state index in [1.165, 1.54) is 4.90 Å². The first-order valence-electron chi connectivity index (χ1n) is 7.88. The lowest BCUT2D eigenvalue weighted by atomic mass is 9.96. The molecule has 4 nitrogen and oxygen atoms in total. The van der Waals surface area contributed by atoms with Crippen molar-refractivity contribution in [3.8, 4) is 0 Å². The van der Waals surface area contributed by atoms with Gasteiger partial charge < -0.3 is 10.2 Å². The monoisotopic (exact) mass is 399 g/mol. The third-order valence-corrected chi connectivity index (χ3v) is 4.39. The summed E-state index contributed by atoms with van der Waals surface area (Å²) in [7, 11) is 0. The predicted octanol–water partition coefficient (Wildman–Crippen LogP) is 3.21. The fraction of sp³-hybridized carbons (Fsp3) is 0.562. The van der Waals surface area contributed by atoms with E-state index in [0.717, 1.165) is 30.6 Å². The highest BCUT2D eigenvalue weighted by atomic mass is 35.5. The highest BCUT2D eigenvalue weighted by Crippen LogP contribution is 2.26. The Balaban J connectivity index is 0.00000156. The van der Waals surface area contributed by atoms with E-state index >= 15 is 0 Å². The molecule has 3 rings (SSSR count). The smallest absolute Gasteiger partial charge is 0.385 e. The molecule has 1 aromatic carbocycles. The van der Waals surface area contributed by atoms with Crippen LogP contribution in [0.4, 0.5) is 18.9 Å². The number of halogens is 5. The molecule has 0 aromatic heterocycles. The van der Waals surface area contributed by atoms with Crippen molar-refractivity contribution in [1.82, 2.24) is 9.80 Å². The van der Waals surface area contributed by atoms with Gasteiger partial charge in [-0.1, -0.05) is 6.07 Å². The molecule has 25 heavy (non-hydrogen) atoms. The van der Waals surface area contributed by atoms with Crippen LogP contribution in [0.3, 0.4) is 0 Å². The number of anilines is 1. The number of fused-ring (bicyclic) bond motifs is 1. The van der Waals surface area contributed by atoms with E-state index in [2.05, 4.69) is 5.32 Å². The molecule has 0 aliphatic carbocycles. The molecule has 1 fully saturated rings. The molecular weight excluding hydrogens is 378 g/mol. The zero-order valence-electron chi connectivity index (χ0n) is 13.6. The number of carbonyl (C=O) groups is 1. The molecular formula is C16H22Cl2F3N3O. The maximum absolute atomic E-state index is 12.7. The Kier molecular flexibility index (Phi) is 7.84. The van der Waals surface area contributed by atoms with Gasteiger partial charge in [0.05, 0.1) is 6.54 Å². The SMILES string of the molecule is Cl.Cl.O=C(c1cccc2c1CCCN2)N1CCN(CC(F)(F)F)CC1. The molecule has 142 valence electrons. The van der Waals surface area contributed by atoms with Gasteiger partial charge in [0.15, 0.2) is 0 Å². The molecule has 1 amide bonds. The van der Waals surface area contributed by atoms with Crippen LogP contribution in [0.1, 0.15) is 22.3 Å². The summed E-state index contributed by atoms with van der Waals surface area (Å²) in [6, 6.07) is 5.63. The standard InChI is InChI=1S/C16H20F3N3O.2ClH/c17-16(18,19)11-21-7-9-22(10-8-21)15(23)13-3-1-5-14-12(13)4-2-6-20-14;;/h1,3,5,20H,2,4,6-11H2;2*1H. The number of alkyl halides is 3. The number of amides is 1. The van der Waals surface area contributed by atoms with Crippen molar-refractivity contribution < 1.29 is 18.0 Å². The van der Waals surface area contributed by atoms with Crippen LogP contribution in [0.5, 0.6) is 0 Å². The Morgan fingerprint density at radius 1 is 1.12 bits per heavy atom. The van der Waals surface area contributed by atoms with Gasteiger partial charge in [-0.05, 0) is 30.5 Å². The molecule has 0 radical (unpaired) electrons. The molecule has 2 aliphatic heterocycles. The molecule has 2 heterocycles. The molecule has 0 unspecified atom stereocenters. The van der Waals surface area contributed by atoms with E-state index in [0.29, 0.717) is 18.7 Å². The Morgan fingerprint density at radius 2 is 1.80 bits per heavy atom. The van der Waals surface area contributed by atoms with Crippen LogP contribution in [-0.2, 0) is 6.42 Å². The van der Waals surface area contributed by atoms with Gasteiger partial charge in [-0.2, -0.15) is 13.2 Å². The van der Waals surface area contributed by atoms with Crippen LogP contribution < -0.4 is 5.32 Å². The molecule has 2 aliphatic rings. The fourth-order valence-corrected chi connectivity index (χ4v) is 3.24. The Labute approximate surface area is 157 Å². The van der Waals surface area contributed by atoms with Crippen molar-refractivity contribution >= 4 is 36.4 Å². The van der Waals surface area contributed by atoms with E-state index in [9.17, 15) is 18.0 Å². The summed E-state index contributed by atoms with van der Waals surface area (Å²) >= 11 is 0. The van der Waals surface area contributed by atoms with Crippen LogP contribution in [0.2, 0.25) is 0 Å². The minimum Gasteiger partial charge on any atom is -0.385 e. The van der Waals surface area contributed by atoms with Gasteiger partial charge in [0, 0.05) is 44.0 Å². The zero-order valence-corrected chi connectivity index (χ0v) is 15.3. The highest BCUT2D eigenvalue weighted by Gasteiger charge is 2.33. The molecule has 0 spiro atoms. The third kappa shape index (κ3) is 5.39. The number of hydrogen-bond acceptors (Lipinski definition) is 3. The Morgan fingerprint density at radius 3 is 2.44 bits per heavy atom. The van der Waals surface area contributed by atoms with Gasteiger partial charge in [0.25, 0.3) is 5.91 Å². The van der Waals surface area contributed by atoms with Gasteiger partial charge in [0.1, 0.15) is 0 Å². The minimum absolute atomic E-state index is 0. The number of benzene rings is 1. The topological polar surface area (TPSA) is 35.6 Å². The van der Waals surface area contributed by atoms with E-state index < -0.39 is 12.7 Å². The maximum atomic E-state index is 12.7. The lowest BCUT2D eigenvalue weighted by Gasteiger charge is -2.35. The third-order valence-electron chi connectivity index (χ3n) is 4.39. The Hall–Kier alpha value is -1.18. The molecule has 0 bridgehead atoms. The number of nitrogens with one attached hydrogen (secondary N) is 1. The van der Waals surface area contributed by atoms with Crippen molar-refractivity contribution in [2.24, 2.45) is 0 Å². The largest absolute Gasteiger partial charge is 0.401 e. The van der Waals surface area contributed by atoms with Crippen molar-refractivity contribution in [3.05, 3.63) is 29.3 Å². The van der Waals surface area contributed by atoms with Gasteiger partial charge in [-0.25, -0.2) is 0 Å². The van der Waals surface area contributed by atoms with Crippen LogP contribution in [-0.4, -0.2) is 61.2 Å². The van der Waals surface area contributed by atoms with Crippen LogP contribution in [0.25, 0.3) is 0 Å². The van der Waals surface area contributed by atoms with Gasteiger partial charge in [-0.3, -0.25) is 9.69 Å². The lowest BCUT2D eigenvalue weighted by Crippen LogP contribution is -2.51. The summed E-state index contributed by atoms with van der Waals surface area (Å²) in [5, 5.41) is 3.29. The first kappa shape index (κ1) is 21.9. The summed E-state index contributed by atoms with van der Waals surface area (Å²) in [5.74, 6) is -0.0720. The zero-order chi connectivity index (χ0) is 16.4. The number of carbonyl (C=O) groups excluding carboxylic acids is 1. The predicted molar refractivity (Wildman–Crippen MR) is 96.1 cm³/mol. The molecule has 9 heteroatoms. The van der Waals surface area contributed by atoms with Gasteiger partial charge in [0.2, 0.25) is 0 Å². The van der Waals surface area contributed by atoms with Crippen molar-refractivity contribution in [1.29, 1.82) is 0 Å². The normalized spacial score (nSPS) is 17.6.